The molecule has 3 aromatic carbocycles. The van der Waals surface area contributed by atoms with Crippen LogP contribution in [0, 0.1) is 0 Å². The fourth-order valence-corrected chi connectivity index (χ4v) is 3.82. The highest BCUT2D eigenvalue weighted by atomic mass is 35.5. The van der Waals surface area contributed by atoms with Crippen molar-refractivity contribution in [2.75, 3.05) is 18.4 Å². The fourth-order valence-electron chi connectivity index (χ4n) is 3.69. The molecule has 2 N–H and O–H groups in total. The van der Waals surface area contributed by atoms with Crippen molar-refractivity contribution >= 4 is 29.3 Å². The number of benzene rings is 3. The van der Waals surface area contributed by atoms with Gasteiger partial charge in [0.15, 0.2) is 0 Å². The lowest BCUT2D eigenvalue weighted by molar-refractivity contribution is -0.111. The molecule has 1 unspecified atom stereocenters. The second-order valence-electron chi connectivity index (χ2n) is 7.83. The summed E-state index contributed by atoms with van der Waals surface area (Å²) >= 11 is 5.94. The standard InChI is InChI=1S/C26H25ClN2O2/c27-23-10-6-21(7-11-23)22-8-12-24(13-9-22)28-26(31)14-5-19-1-3-20(4-2-19)17-29-16-15-25(30)18-29/h1-14,25,30H,15-18H2,(H,28,31). The molecule has 0 bridgehead atoms. The first-order chi connectivity index (χ1) is 15.0. The number of hydrogen-bond acceptors (Lipinski definition) is 3. The van der Waals surface area contributed by atoms with Crippen LogP contribution in [0.1, 0.15) is 17.5 Å². The van der Waals surface area contributed by atoms with E-state index in [-0.39, 0.29) is 12.0 Å². The van der Waals surface area contributed by atoms with Gasteiger partial charge in [0, 0.05) is 36.4 Å². The third-order valence-electron chi connectivity index (χ3n) is 5.39. The summed E-state index contributed by atoms with van der Waals surface area (Å²) in [5.74, 6) is -0.172. The van der Waals surface area contributed by atoms with Crippen molar-refractivity contribution in [3.8, 4) is 11.1 Å². The first-order valence-corrected chi connectivity index (χ1v) is 10.8. The Morgan fingerprint density at radius 1 is 1.00 bits per heavy atom. The highest BCUT2D eigenvalue weighted by Crippen LogP contribution is 2.23. The minimum absolute atomic E-state index is 0.172. The molecule has 158 valence electrons. The molecule has 4 nitrogen and oxygen atoms in total. The van der Waals surface area contributed by atoms with E-state index in [0.717, 1.165) is 48.4 Å². The third kappa shape index (κ3) is 6.05. The normalized spacial score (nSPS) is 16.6. The predicted molar refractivity (Wildman–Crippen MR) is 127 cm³/mol. The van der Waals surface area contributed by atoms with Crippen molar-refractivity contribution in [1.29, 1.82) is 0 Å². The Morgan fingerprint density at radius 2 is 1.65 bits per heavy atom. The molecule has 4 rings (SSSR count). The molecular formula is C26H25ClN2O2. The van der Waals surface area contributed by atoms with Gasteiger partial charge in [-0.05, 0) is 59.0 Å². The maximum Gasteiger partial charge on any atom is 0.248 e. The number of anilines is 1. The number of halogens is 1. The number of rotatable bonds is 6. The molecule has 0 radical (unpaired) electrons. The smallest absolute Gasteiger partial charge is 0.248 e. The number of nitrogens with zero attached hydrogens (tertiary/aromatic N) is 1. The number of nitrogens with one attached hydrogen (secondary N) is 1. The van der Waals surface area contributed by atoms with E-state index in [9.17, 15) is 9.90 Å². The first-order valence-electron chi connectivity index (χ1n) is 10.4. The molecule has 31 heavy (non-hydrogen) atoms. The van der Waals surface area contributed by atoms with Crippen LogP contribution in [-0.4, -0.2) is 35.1 Å². The maximum absolute atomic E-state index is 12.3. The Kier molecular flexibility index (Phi) is 6.82. The minimum atomic E-state index is -0.200. The number of β-amino-alcohol motifs (C(OH)–C–C–N with tert-alkyl or cyclic N) is 1. The average Bonchev–Trinajstić information content (AvgIpc) is 3.19. The van der Waals surface area contributed by atoms with Gasteiger partial charge in [0.2, 0.25) is 5.91 Å². The van der Waals surface area contributed by atoms with Crippen LogP contribution in [0.2, 0.25) is 5.02 Å². The average molecular weight is 433 g/mol. The molecule has 0 aromatic heterocycles. The lowest BCUT2D eigenvalue weighted by Gasteiger charge is -2.14. The third-order valence-corrected chi connectivity index (χ3v) is 5.64. The van der Waals surface area contributed by atoms with Crippen molar-refractivity contribution in [1.82, 2.24) is 4.90 Å². The van der Waals surface area contributed by atoms with Crippen LogP contribution in [0.15, 0.2) is 78.9 Å². The minimum Gasteiger partial charge on any atom is -0.392 e. The van der Waals surface area contributed by atoms with Gasteiger partial charge in [-0.1, -0.05) is 60.1 Å². The Labute approximate surface area is 187 Å². The zero-order valence-corrected chi connectivity index (χ0v) is 17.9. The van der Waals surface area contributed by atoms with Gasteiger partial charge in [-0.3, -0.25) is 9.69 Å². The van der Waals surface area contributed by atoms with Gasteiger partial charge in [-0.15, -0.1) is 0 Å². The van der Waals surface area contributed by atoms with Crippen LogP contribution in [0.4, 0.5) is 5.69 Å². The first kappa shape index (κ1) is 21.3. The van der Waals surface area contributed by atoms with Crippen LogP contribution in [-0.2, 0) is 11.3 Å². The summed E-state index contributed by atoms with van der Waals surface area (Å²) in [6.45, 7) is 2.51. The van der Waals surface area contributed by atoms with Gasteiger partial charge in [-0.2, -0.15) is 0 Å². The van der Waals surface area contributed by atoms with Crippen molar-refractivity contribution in [3.63, 3.8) is 0 Å². The molecule has 1 atom stereocenters. The summed E-state index contributed by atoms with van der Waals surface area (Å²) in [6.07, 6.45) is 3.99. The summed E-state index contributed by atoms with van der Waals surface area (Å²) in [4.78, 5) is 14.5. The van der Waals surface area contributed by atoms with E-state index >= 15 is 0 Å². The molecule has 3 aromatic rings. The monoisotopic (exact) mass is 432 g/mol. The summed E-state index contributed by atoms with van der Waals surface area (Å²) < 4.78 is 0. The molecule has 0 aliphatic carbocycles. The number of amides is 1. The van der Waals surface area contributed by atoms with Gasteiger partial charge in [0.05, 0.1) is 6.10 Å². The van der Waals surface area contributed by atoms with Gasteiger partial charge in [0.1, 0.15) is 0 Å². The van der Waals surface area contributed by atoms with Crippen molar-refractivity contribution in [3.05, 3.63) is 95.0 Å². The molecule has 1 amide bonds. The Morgan fingerprint density at radius 3 is 2.26 bits per heavy atom. The van der Waals surface area contributed by atoms with Gasteiger partial charge in [-0.25, -0.2) is 0 Å². The molecule has 1 saturated heterocycles. The number of aliphatic hydroxyl groups is 1. The van der Waals surface area contributed by atoms with E-state index in [1.165, 1.54) is 5.56 Å². The molecule has 1 heterocycles. The highest BCUT2D eigenvalue weighted by molar-refractivity contribution is 6.30. The number of carbonyl (C=O) groups is 1. The van der Waals surface area contributed by atoms with Gasteiger partial charge < -0.3 is 10.4 Å². The van der Waals surface area contributed by atoms with Crippen LogP contribution >= 0.6 is 11.6 Å². The number of likely N-dealkylation sites (tertiary alicyclic amines) is 1. The number of aliphatic hydroxyl groups excluding tert-OH is 1. The van der Waals surface area contributed by atoms with E-state index < -0.39 is 0 Å². The quantitative estimate of drug-likeness (QED) is 0.524. The summed E-state index contributed by atoms with van der Waals surface area (Å²) in [7, 11) is 0. The zero-order valence-electron chi connectivity index (χ0n) is 17.2. The highest BCUT2D eigenvalue weighted by Gasteiger charge is 2.19. The number of hydrogen-bond donors (Lipinski definition) is 2. The van der Waals surface area contributed by atoms with Crippen molar-refractivity contribution in [2.45, 2.75) is 19.1 Å². The molecule has 5 heteroatoms. The lowest BCUT2D eigenvalue weighted by atomic mass is 10.1. The molecule has 1 fully saturated rings. The van der Waals surface area contributed by atoms with Gasteiger partial charge >= 0.3 is 0 Å². The van der Waals surface area contributed by atoms with Gasteiger partial charge in [0.25, 0.3) is 0 Å². The lowest BCUT2D eigenvalue weighted by Crippen LogP contribution is -2.21. The van der Waals surface area contributed by atoms with Crippen molar-refractivity contribution < 1.29 is 9.90 Å². The van der Waals surface area contributed by atoms with E-state index in [4.69, 9.17) is 11.6 Å². The fraction of sp³-hybridized carbons (Fsp3) is 0.192. The van der Waals surface area contributed by atoms with Crippen molar-refractivity contribution in [2.24, 2.45) is 0 Å². The molecule has 0 saturated carbocycles. The molecule has 1 aliphatic heterocycles. The largest absolute Gasteiger partial charge is 0.392 e. The Hall–Kier alpha value is -2.92. The molecule has 1 aliphatic rings. The summed E-state index contributed by atoms with van der Waals surface area (Å²) in [5.41, 5.74) is 5.06. The van der Waals surface area contributed by atoms with E-state index in [0.29, 0.717) is 5.02 Å². The maximum atomic E-state index is 12.3. The summed E-state index contributed by atoms with van der Waals surface area (Å²) in [6, 6.07) is 23.5. The summed E-state index contributed by atoms with van der Waals surface area (Å²) in [5, 5.41) is 13.2. The zero-order chi connectivity index (χ0) is 21.6. The van der Waals surface area contributed by atoms with Crippen LogP contribution < -0.4 is 5.32 Å². The van der Waals surface area contributed by atoms with Crippen LogP contribution in [0.3, 0.4) is 0 Å². The Bertz CT molecular complexity index is 1040. The van der Waals surface area contributed by atoms with Crippen LogP contribution in [0.25, 0.3) is 17.2 Å². The molecule has 0 spiro atoms. The topological polar surface area (TPSA) is 52.6 Å². The number of carbonyl (C=O) groups excluding carboxylic acids is 1. The van der Waals surface area contributed by atoms with Crippen LogP contribution in [0.5, 0.6) is 0 Å². The second-order valence-corrected chi connectivity index (χ2v) is 8.26. The van der Waals surface area contributed by atoms with E-state index in [2.05, 4.69) is 22.3 Å². The second kappa shape index (κ2) is 9.92. The predicted octanol–water partition coefficient (Wildman–Crippen LogP) is 5.23. The SMILES string of the molecule is O=C(C=Cc1ccc(CN2CCC(O)C2)cc1)Nc1ccc(-c2ccc(Cl)cc2)cc1. The van der Waals surface area contributed by atoms with E-state index in [1.807, 2.05) is 60.7 Å². The Balaban J connectivity index is 1.30. The molecular weight excluding hydrogens is 408 g/mol. The van der Waals surface area contributed by atoms with E-state index in [1.54, 1.807) is 12.2 Å².